The molecule has 1 unspecified atom stereocenters. The van der Waals surface area contributed by atoms with Gasteiger partial charge in [0.05, 0.1) is 11.7 Å². The van der Waals surface area contributed by atoms with Crippen molar-refractivity contribution in [2.24, 2.45) is 11.7 Å². The summed E-state index contributed by atoms with van der Waals surface area (Å²) in [6, 6.07) is 0.218. The molecule has 1 aliphatic carbocycles. The molecule has 3 heteroatoms. The van der Waals surface area contributed by atoms with Crippen LogP contribution in [0.25, 0.3) is 0 Å². The number of nitrogens with zero attached hydrogens (tertiary/aromatic N) is 1. The van der Waals surface area contributed by atoms with Crippen LogP contribution >= 0.6 is 11.3 Å². The van der Waals surface area contributed by atoms with Gasteiger partial charge in [-0.1, -0.05) is 6.92 Å². The molecule has 0 radical (unpaired) electrons. The Hall–Kier alpha value is -0.410. The van der Waals surface area contributed by atoms with Crippen LogP contribution < -0.4 is 5.73 Å². The van der Waals surface area contributed by atoms with E-state index in [-0.39, 0.29) is 6.04 Å². The van der Waals surface area contributed by atoms with Crippen molar-refractivity contribution in [3.8, 4) is 0 Å². The molecule has 1 fully saturated rings. The second kappa shape index (κ2) is 3.15. The maximum absolute atomic E-state index is 6.02. The van der Waals surface area contributed by atoms with Crippen molar-refractivity contribution in [2.75, 3.05) is 0 Å². The van der Waals surface area contributed by atoms with Crippen molar-refractivity contribution < 1.29 is 0 Å². The fraction of sp³-hybridized carbons (Fsp3) is 0.667. The maximum atomic E-state index is 6.02. The Labute approximate surface area is 76.8 Å². The van der Waals surface area contributed by atoms with Gasteiger partial charge in [-0.15, -0.1) is 11.3 Å². The van der Waals surface area contributed by atoms with Crippen LogP contribution in [-0.2, 0) is 6.42 Å². The van der Waals surface area contributed by atoms with Crippen molar-refractivity contribution in [1.29, 1.82) is 0 Å². The van der Waals surface area contributed by atoms with Gasteiger partial charge in [0.2, 0.25) is 0 Å². The van der Waals surface area contributed by atoms with Gasteiger partial charge in [0.25, 0.3) is 0 Å². The standard InChI is InChI=1S/C9H14N2S/c1-2-7-5-12-9(11-7)8(10)6-3-4-6/h5-6,8H,2-4,10H2,1H3. The van der Waals surface area contributed by atoms with Gasteiger partial charge in [0.15, 0.2) is 0 Å². The van der Waals surface area contributed by atoms with Crippen molar-refractivity contribution in [1.82, 2.24) is 4.98 Å². The van der Waals surface area contributed by atoms with Crippen LogP contribution in [0.4, 0.5) is 0 Å². The first kappa shape index (κ1) is 8.20. The Bertz CT molecular complexity index is 265. The average Bonchev–Trinajstić information content (AvgIpc) is 2.82. The lowest BCUT2D eigenvalue weighted by Crippen LogP contribution is -2.11. The van der Waals surface area contributed by atoms with E-state index in [0.29, 0.717) is 0 Å². The van der Waals surface area contributed by atoms with E-state index in [2.05, 4.69) is 17.3 Å². The monoisotopic (exact) mass is 182 g/mol. The van der Waals surface area contributed by atoms with Crippen molar-refractivity contribution in [2.45, 2.75) is 32.2 Å². The summed E-state index contributed by atoms with van der Waals surface area (Å²) in [7, 11) is 0. The maximum Gasteiger partial charge on any atom is 0.110 e. The Balaban J connectivity index is 2.10. The lowest BCUT2D eigenvalue weighted by Gasteiger charge is -2.04. The number of hydrogen-bond donors (Lipinski definition) is 1. The molecule has 0 aromatic carbocycles. The molecular weight excluding hydrogens is 168 g/mol. The summed E-state index contributed by atoms with van der Waals surface area (Å²) in [4.78, 5) is 4.48. The van der Waals surface area contributed by atoms with Crippen molar-refractivity contribution >= 4 is 11.3 Å². The molecule has 2 N–H and O–H groups in total. The predicted octanol–water partition coefficient (Wildman–Crippen LogP) is 2.12. The molecule has 1 atom stereocenters. The van der Waals surface area contributed by atoms with E-state index in [4.69, 9.17) is 5.73 Å². The van der Waals surface area contributed by atoms with E-state index in [1.807, 2.05) is 0 Å². The summed E-state index contributed by atoms with van der Waals surface area (Å²) in [5, 5.41) is 3.26. The molecule has 66 valence electrons. The van der Waals surface area contributed by atoms with Crippen LogP contribution in [0, 0.1) is 5.92 Å². The first-order valence-electron chi connectivity index (χ1n) is 4.51. The third-order valence-electron chi connectivity index (χ3n) is 2.35. The summed E-state index contributed by atoms with van der Waals surface area (Å²) in [5.41, 5.74) is 7.20. The summed E-state index contributed by atoms with van der Waals surface area (Å²) >= 11 is 1.71. The predicted molar refractivity (Wildman–Crippen MR) is 51.1 cm³/mol. The molecule has 1 aliphatic rings. The zero-order valence-corrected chi connectivity index (χ0v) is 8.10. The molecule has 0 bridgehead atoms. The minimum atomic E-state index is 0.218. The van der Waals surface area contributed by atoms with Gasteiger partial charge in [-0.25, -0.2) is 4.98 Å². The van der Waals surface area contributed by atoms with Crippen LogP contribution in [-0.4, -0.2) is 4.98 Å². The van der Waals surface area contributed by atoms with Crippen LogP contribution in [0.5, 0.6) is 0 Å². The normalized spacial score (nSPS) is 19.5. The first-order valence-corrected chi connectivity index (χ1v) is 5.39. The SMILES string of the molecule is CCc1csc(C(N)C2CC2)n1. The molecule has 0 amide bonds. The van der Waals surface area contributed by atoms with Crippen LogP contribution in [0.2, 0.25) is 0 Å². The summed E-state index contributed by atoms with van der Waals surface area (Å²) in [5.74, 6) is 0.723. The van der Waals surface area contributed by atoms with Gasteiger partial charge in [0.1, 0.15) is 5.01 Å². The molecule has 0 aliphatic heterocycles. The third kappa shape index (κ3) is 1.52. The van der Waals surface area contributed by atoms with E-state index in [0.717, 1.165) is 17.3 Å². The lowest BCUT2D eigenvalue weighted by atomic mass is 10.2. The van der Waals surface area contributed by atoms with E-state index >= 15 is 0 Å². The zero-order chi connectivity index (χ0) is 8.55. The molecule has 1 saturated carbocycles. The molecule has 0 saturated heterocycles. The van der Waals surface area contributed by atoms with Gasteiger partial charge in [-0.3, -0.25) is 0 Å². The Morgan fingerprint density at radius 2 is 2.50 bits per heavy atom. The quantitative estimate of drug-likeness (QED) is 0.777. The number of rotatable bonds is 3. The molecule has 12 heavy (non-hydrogen) atoms. The van der Waals surface area contributed by atoms with Gasteiger partial charge in [-0.05, 0) is 25.2 Å². The molecule has 1 aromatic heterocycles. The Morgan fingerprint density at radius 3 is 3.00 bits per heavy atom. The second-order valence-corrected chi connectivity index (χ2v) is 4.28. The van der Waals surface area contributed by atoms with E-state index in [1.165, 1.54) is 18.5 Å². The molecule has 2 rings (SSSR count). The number of aryl methyl sites for hydroxylation is 1. The minimum absolute atomic E-state index is 0.218. The third-order valence-corrected chi connectivity index (χ3v) is 3.34. The van der Waals surface area contributed by atoms with Gasteiger partial charge >= 0.3 is 0 Å². The minimum Gasteiger partial charge on any atom is -0.322 e. The van der Waals surface area contributed by atoms with Gasteiger partial charge in [0, 0.05) is 5.38 Å². The fourth-order valence-corrected chi connectivity index (χ4v) is 2.29. The largest absolute Gasteiger partial charge is 0.322 e. The highest BCUT2D eigenvalue weighted by Crippen LogP contribution is 2.40. The Morgan fingerprint density at radius 1 is 1.75 bits per heavy atom. The first-order chi connectivity index (χ1) is 5.81. The van der Waals surface area contributed by atoms with E-state index in [9.17, 15) is 0 Å². The number of nitrogens with two attached hydrogens (primary N) is 1. The van der Waals surface area contributed by atoms with Crippen molar-refractivity contribution in [3.63, 3.8) is 0 Å². The van der Waals surface area contributed by atoms with Crippen LogP contribution in [0.15, 0.2) is 5.38 Å². The summed E-state index contributed by atoms with van der Waals surface area (Å²) in [6.45, 7) is 2.13. The molecule has 1 aromatic rings. The summed E-state index contributed by atoms with van der Waals surface area (Å²) in [6.07, 6.45) is 3.61. The van der Waals surface area contributed by atoms with Crippen LogP contribution in [0.3, 0.4) is 0 Å². The van der Waals surface area contributed by atoms with E-state index < -0.39 is 0 Å². The fourth-order valence-electron chi connectivity index (χ4n) is 1.30. The highest BCUT2D eigenvalue weighted by Gasteiger charge is 2.31. The number of thiazole rings is 1. The smallest absolute Gasteiger partial charge is 0.110 e. The topological polar surface area (TPSA) is 38.9 Å². The summed E-state index contributed by atoms with van der Waals surface area (Å²) < 4.78 is 0. The average molecular weight is 182 g/mol. The zero-order valence-electron chi connectivity index (χ0n) is 7.29. The number of aromatic nitrogens is 1. The molecule has 2 nitrogen and oxygen atoms in total. The van der Waals surface area contributed by atoms with E-state index in [1.54, 1.807) is 11.3 Å². The highest BCUT2D eigenvalue weighted by atomic mass is 32.1. The lowest BCUT2D eigenvalue weighted by molar-refractivity contribution is 0.627. The van der Waals surface area contributed by atoms with Crippen LogP contribution in [0.1, 0.15) is 36.5 Å². The molecule has 1 heterocycles. The number of hydrogen-bond acceptors (Lipinski definition) is 3. The molecular formula is C9H14N2S. The van der Waals surface area contributed by atoms with Gasteiger partial charge < -0.3 is 5.73 Å². The molecule has 0 spiro atoms. The van der Waals surface area contributed by atoms with Gasteiger partial charge in [-0.2, -0.15) is 0 Å². The second-order valence-electron chi connectivity index (χ2n) is 3.39. The highest BCUT2D eigenvalue weighted by molar-refractivity contribution is 7.09. The van der Waals surface area contributed by atoms with Crippen molar-refractivity contribution in [3.05, 3.63) is 16.1 Å². The Kier molecular flexibility index (Phi) is 2.15.